The first-order chi connectivity index (χ1) is 12.8. The van der Waals surface area contributed by atoms with Gasteiger partial charge < -0.3 is 15.4 Å². The molecule has 1 saturated carbocycles. The minimum Gasteiger partial charge on any atom is -0.452 e. The maximum Gasteiger partial charge on any atom is 0.341 e. The van der Waals surface area contributed by atoms with Crippen molar-refractivity contribution in [1.82, 2.24) is 5.32 Å². The summed E-state index contributed by atoms with van der Waals surface area (Å²) in [5.41, 5.74) is 0.357. The van der Waals surface area contributed by atoms with Crippen molar-refractivity contribution in [3.05, 3.63) is 16.0 Å². The zero-order valence-corrected chi connectivity index (χ0v) is 16.3. The largest absolute Gasteiger partial charge is 0.452 e. The van der Waals surface area contributed by atoms with Crippen LogP contribution in [0.15, 0.2) is 0 Å². The molecule has 1 aromatic heterocycles. The smallest absolute Gasteiger partial charge is 0.341 e. The Morgan fingerprint density at radius 2 is 2.00 bits per heavy atom. The molecule has 0 aromatic carbocycles. The predicted molar refractivity (Wildman–Crippen MR) is 100 cm³/mol. The molecule has 1 atom stereocenters. The summed E-state index contributed by atoms with van der Waals surface area (Å²) in [5, 5.41) is 15.2. The number of nitrogens with zero attached hydrogens (tertiary/aromatic N) is 1. The number of hydrogen-bond acceptors (Lipinski definition) is 6. The maximum atomic E-state index is 12.7. The minimum atomic E-state index is -0.924. The van der Waals surface area contributed by atoms with Crippen molar-refractivity contribution in [1.29, 1.82) is 5.26 Å². The summed E-state index contributed by atoms with van der Waals surface area (Å²) < 4.78 is 5.22. The standard InChI is InChI=1S/C19H23N3O4S/c1-11(23)21-17-16(13-5-3-4-6-14(13)27-17)18(25)26-9-15(24)22-19(2,10-20)12-7-8-12/h12H,3-9H2,1-2H3,(H,21,23)(H,22,24)/t19-/m0/s1. The number of thiophene rings is 1. The van der Waals surface area contributed by atoms with E-state index in [-0.39, 0.29) is 11.8 Å². The van der Waals surface area contributed by atoms with Gasteiger partial charge in [-0.25, -0.2) is 4.79 Å². The number of fused-ring (bicyclic) bond motifs is 1. The molecule has 7 nitrogen and oxygen atoms in total. The van der Waals surface area contributed by atoms with Crippen molar-refractivity contribution < 1.29 is 19.1 Å². The number of carbonyl (C=O) groups excluding carboxylic acids is 3. The molecule has 3 rings (SSSR count). The van der Waals surface area contributed by atoms with Crippen LogP contribution in [0, 0.1) is 17.2 Å². The predicted octanol–water partition coefficient (Wildman–Crippen LogP) is 2.55. The van der Waals surface area contributed by atoms with Crippen LogP contribution in [0.1, 0.15) is 60.3 Å². The van der Waals surface area contributed by atoms with Gasteiger partial charge in [-0.15, -0.1) is 11.3 Å². The molecule has 2 amide bonds. The maximum absolute atomic E-state index is 12.7. The molecule has 0 bridgehead atoms. The summed E-state index contributed by atoms with van der Waals surface area (Å²) in [7, 11) is 0. The summed E-state index contributed by atoms with van der Waals surface area (Å²) in [6.07, 6.45) is 5.48. The highest BCUT2D eigenvalue weighted by molar-refractivity contribution is 7.17. The number of carbonyl (C=O) groups is 3. The lowest BCUT2D eigenvalue weighted by Crippen LogP contribution is -2.48. The molecular weight excluding hydrogens is 366 g/mol. The fourth-order valence-electron chi connectivity index (χ4n) is 3.44. The van der Waals surface area contributed by atoms with Crippen LogP contribution in [-0.2, 0) is 27.2 Å². The Kier molecular flexibility index (Phi) is 5.51. The number of amides is 2. The molecule has 1 heterocycles. The molecule has 27 heavy (non-hydrogen) atoms. The molecule has 0 saturated heterocycles. The van der Waals surface area contributed by atoms with Crippen LogP contribution in [0.3, 0.4) is 0 Å². The van der Waals surface area contributed by atoms with Gasteiger partial charge in [0.15, 0.2) is 6.61 Å². The lowest BCUT2D eigenvalue weighted by Gasteiger charge is -2.22. The zero-order chi connectivity index (χ0) is 19.6. The Morgan fingerprint density at radius 3 is 2.63 bits per heavy atom. The highest BCUT2D eigenvalue weighted by atomic mass is 32.1. The Bertz CT molecular complexity index is 822. The van der Waals surface area contributed by atoms with Gasteiger partial charge in [-0.1, -0.05) is 0 Å². The molecule has 2 aliphatic rings. The third kappa shape index (κ3) is 4.30. The molecule has 2 aliphatic carbocycles. The summed E-state index contributed by atoms with van der Waals surface area (Å²) in [4.78, 5) is 37.4. The van der Waals surface area contributed by atoms with Crippen LogP contribution in [0.5, 0.6) is 0 Å². The van der Waals surface area contributed by atoms with E-state index in [1.165, 1.54) is 18.3 Å². The first-order valence-corrected chi connectivity index (χ1v) is 9.97. The molecular formula is C19H23N3O4S. The number of ether oxygens (including phenoxy) is 1. The van der Waals surface area contributed by atoms with E-state index in [1.54, 1.807) is 6.92 Å². The van der Waals surface area contributed by atoms with Crippen molar-refractivity contribution in [2.45, 2.75) is 57.9 Å². The van der Waals surface area contributed by atoms with E-state index >= 15 is 0 Å². The lowest BCUT2D eigenvalue weighted by molar-refractivity contribution is -0.125. The Hall–Kier alpha value is -2.40. The fourth-order valence-corrected chi connectivity index (χ4v) is 4.76. The summed E-state index contributed by atoms with van der Waals surface area (Å²) >= 11 is 1.40. The van der Waals surface area contributed by atoms with Gasteiger partial charge in [0.25, 0.3) is 5.91 Å². The highest BCUT2D eigenvalue weighted by Gasteiger charge is 2.43. The average Bonchev–Trinajstić information content (AvgIpc) is 3.41. The average molecular weight is 389 g/mol. The number of esters is 1. The second kappa shape index (κ2) is 7.69. The minimum absolute atomic E-state index is 0.150. The summed E-state index contributed by atoms with van der Waals surface area (Å²) in [6.45, 7) is 2.63. The molecule has 0 aliphatic heterocycles. The van der Waals surface area contributed by atoms with Gasteiger partial charge in [-0.3, -0.25) is 9.59 Å². The summed E-state index contributed by atoms with van der Waals surface area (Å²) in [5.74, 6) is -1.21. The second-order valence-corrected chi connectivity index (χ2v) is 8.41. The fraction of sp³-hybridized carbons (Fsp3) is 0.579. The molecule has 8 heteroatoms. The molecule has 0 unspecified atom stereocenters. The lowest BCUT2D eigenvalue weighted by atomic mass is 9.95. The van der Waals surface area contributed by atoms with Gasteiger partial charge in [-0.05, 0) is 56.9 Å². The number of aryl methyl sites for hydroxylation is 1. The third-order valence-corrected chi connectivity index (χ3v) is 6.23. The van der Waals surface area contributed by atoms with Gasteiger partial charge in [0.05, 0.1) is 11.6 Å². The van der Waals surface area contributed by atoms with Crippen LogP contribution >= 0.6 is 11.3 Å². The second-order valence-electron chi connectivity index (χ2n) is 7.31. The molecule has 1 aromatic rings. The van der Waals surface area contributed by atoms with E-state index in [9.17, 15) is 19.6 Å². The van der Waals surface area contributed by atoms with Crippen molar-refractivity contribution in [2.75, 3.05) is 11.9 Å². The van der Waals surface area contributed by atoms with Gasteiger partial charge in [0.1, 0.15) is 10.5 Å². The van der Waals surface area contributed by atoms with Crippen LogP contribution in [0.25, 0.3) is 0 Å². The van der Waals surface area contributed by atoms with Crippen LogP contribution in [-0.4, -0.2) is 29.9 Å². The van der Waals surface area contributed by atoms with Gasteiger partial charge in [0.2, 0.25) is 5.91 Å². The van der Waals surface area contributed by atoms with Crippen molar-refractivity contribution in [2.24, 2.45) is 5.92 Å². The van der Waals surface area contributed by atoms with E-state index in [1.807, 2.05) is 0 Å². The first-order valence-electron chi connectivity index (χ1n) is 9.15. The van der Waals surface area contributed by atoms with E-state index in [4.69, 9.17) is 4.74 Å². The van der Waals surface area contributed by atoms with E-state index in [0.717, 1.165) is 49.0 Å². The monoisotopic (exact) mass is 389 g/mol. The SMILES string of the molecule is CC(=O)Nc1sc2c(c1C(=O)OCC(=O)N[C@@](C)(C#N)C1CC1)CCCC2. The van der Waals surface area contributed by atoms with Gasteiger partial charge in [0, 0.05) is 11.8 Å². The van der Waals surface area contributed by atoms with E-state index < -0.39 is 24.0 Å². The highest BCUT2D eigenvalue weighted by Crippen LogP contribution is 2.40. The van der Waals surface area contributed by atoms with Crippen LogP contribution in [0.4, 0.5) is 5.00 Å². The normalized spacial score (nSPS) is 17.8. The Morgan fingerprint density at radius 1 is 1.30 bits per heavy atom. The molecule has 1 fully saturated rings. The van der Waals surface area contributed by atoms with Crippen molar-refractivity contribution in [3.8, 4) is 6.07 Å². The Labute approximate surface area is 162 Å². The number of nitrogens with one attached hydrogen (secondary N) is 2. The summed E-state index contributed by atoms with van der Waals surface area (Å²) in [6, 6.07) is 2.14. The molecule has 144 valence electrons. The van der Waals surface area contributed by atoms with E-state index in [0.29, 0.717) is 10.6 Å². The van der Waals surface area contributed by atoms with E-state index in [2.05, 4.69) is 16.7 Å². The quantitative estimate of drug-likeness (QED) is 0.727. The topological polar surface area (TPSA) is 108 Å². The van der Waals surface area contributed by atoms with Crippen LogP contribution < -0.4 is 10.6 Å². The van der Waals surface area contributed by atoms with Gasteiger partial charge in [-0.2, -0.15) is 5.26 Å². The first kappa shape index (κ1) is 19.4. The number of anilines is 1. The van der Waals surface area contributed by atoms with Crippen molar-refractivity contribution >= 4 is 34.1 Å². The number of nitriles is 1. The third-order valence-electron chi connectivity index (χ3n) is 5.02. The van der Waals surface area contributed by atoms with Crippen LogP contribution in [0.2, 0.25) is 0 Å². The number of hydrogen-bond donors (Lipinski definition) is 2. The van der Waals surface area contributed by atoms with Crippen molar-refractivity contribution in [3.63, 3.8) is 0 Å². The molecule has 0 spiro atoms. The van der Waals surface area contributed by atoms with Gasteiger partial charge >= 0.3 is 5.97 Å². The molecule has 2 N–H and O–H groups in total. The molecule has 0 radical (unpaired) electrons. The zero-order valence-electron chi connectivity index (χ0n) is 15.5. The number of rotatable bonds is 6. The Balaban J connectivity index is 1.69.